The molecule has 23 heavy (non-hydrogen) atoms. The summed E-state index contributed by atoms with van der Waals surface area (Å²) in [6, 6.07) is 15.3. The number of hydrogen-bond donors (Lipinski definition) is 0. The summed E-state index contributed by atoms with van der Waals surface area (Å²) in [5.41, 5.74) is 0.133. The fraction of sp³-hybridized carbons (Fsp3) is 0.188. The molecule has 7 heteroatoms. The van der Waals surface area contributed by atoms with Gasteiger partial charge in [0, 0.05) is 18.1 Å². The van der Waals surface area contributed by atoms with E-state index in [0.717, 1.165) is 4.47 Å². The molecule has 0 aliphatic carbocycles. The van der Waals surface area contributed by atoms with Crippen LogP contribution in [-0.2, 0) is 10.0 Å². The molecular weight excluding hydrogens is 380 g/mol. The van der Waals surface area contributed by atoms with E-state index in [0.29, 0.717) is 5.75 Å². The number of likely N-dealkylation sites (N-methyl/N-ethyl adjacent to an activating group) is 1. The molecule has 0 heterocycles. The van der Waals surface area contributed by atoms with Crippen LogP contribution in [0.1, 0.15) is 5.56 Å². The maximum absolute atomic E-state index is 12.5. The zero-order valence-electron chi connectivity index (χ0n) is 12.4. The van der Waals surface area contributed by atoms with Crippen molar-refractivity contribution in [2.75, 3.05) is 20.2 Å². The third-order valence-corrected chi connectivity index (χ3v) is 5.63. The number of sulfonamides is 1. The predicted molar refractivity (Wildman–Crippen MR) is 90.6 cm³/mol. The second kappa shape index (κ2) is 7.59. The molecule has 0 fully saturated rings. The van der Waals surface area contributed by atoms with E-state index in [4.69, 9.17) is 10.00 Å². The fourth-order valence-corrected chi connectivity index (χ4v) is 3.45. The van der Waals surface area contributed by atoms with Crippen LogP contribution in [0, 0.1) is 11.3 Å². The van der Waals surface area contributed by atoms with Gasteiger partial charge >= 0.3 is 0 Å². The number of nitriles is 1. The Bertz CT molecular complexity index is 814. The number of benzene rings is 2. The standard InChI is InChI=1S/C16H15BrN2O3S/c1-19(10-11-22-15-8-6-14(17)7-9-15)23(20,21)16-5-3-2-4-13(16)12-18/h2-9H,10-11H2,1H3. The molecule has 0 amide bonds. The normalized spacial score (nSPS) is 11.2. The Morgan fingerprint density at radius 3 is 2.48 bits per heavy atom. The Morgan fingerprint density at radius 1 is 1.17 bits per heavy atom. The van der Waals surface area contributed by atoms with Crippen molar-refractivity contribution in [2.45, 2.75) is 4.90 Å². The van der Waals surface area contributed by atoms with Crippen molar-refractivity contribution in [1.29, 1.82) is 5.26 Å². The van der Waals surface area contributed by atoms with Gasteiger partial charge in [-0.3, -0.25) is 0 Å². The second-order valence-corrected chi connectivity index (χ2v) is 7.67. The van der Waals surface area contributed by atoms with E-state index < -0.39 is 10.0 Å². The number of halogens is 1. The second-order valence-electron chi connectivity index (χ2n) is 4.74. The Hall–Kier alpha value is -1.88. The number of nitrogens with zero attached hydrogens (tertiary/aromatic N) is 2. The molecule has 0 aromatic heterocycles. The van der Waals surface area contributed by atoms with Gasteiger partial charge in [0.1, 0.15) is 18.4 Å². The molecule has 0 atom stereocenters. The van der Waals surface area contributed by atoms with Crippen molar-refractivity contribution >= 4 is 26.0 Å². The van der Waals surface area contributed by atoms with Crippen molar-refractivity contribution in [3.63, 3.8) is 0 Å². The molecule has 0 unspecified atom stereocenters. The van der Waals surface area contributed by atoms with E-state index in [1.807, 2.05) is 18.2 Å². The molecule has 0 aliphatic rings. The number of ether oxygens (including phenoxy) is 1. The van der Waals surface area contributed by atoms with Crippen LogP contribution in [0.2, 0.25) is 0 Å². The van der Waals surface area contributed by atoms with E-state index in [1.54, 1.807) is 24.3 Å². The Balaban J connectivity index is 2.03. The summed E-state index contributed by atoms with van der Waals surface area (Å²) in [7, 11) is -2.25. The van der Waals surface area contributed by atoms with E-state index in [-0.39, 0.29) is 23.6 Å². The lowest BCUT2D eigenvalue weighted by molar-refractivity contribution is 0.287. The summed E-state index contributed by atoms with van der Waals surface area (Å²) in [4.78, 5) is 0.00800. The van der Waals surface area contributed by atoms with Crippen molar-refractivity contribution < 1.29 is 13.2 Å². The summed E-state index contributed by atoms with van der Waals surface area (Å²) in [6.45, 7) is 0.393. The monoisotopic (exact) mass is 394 g/mol. The minimum atomic E-state index is -3.72. The minimum absolute atomic E-state index is 0.00800. The summed E-state index contributed by atoms with van der Waals surface area (Å²) in [5.74, 6) is 0.663. The Morgan fingerprint density at radius 2 is 1.83 bits per heavy atom. The van der Waals surface area contributed by atoms with E-state index in [2.05, 4.69) is 15.9 Å². The number of rotatable bonds is 6. The Kier molecular flexibility index (Phi) is 5.77. The van der Waals surface area contributed by atoms with Gasteiger partial charge in [0.2, 0.25) is 10.0 Å². The van der Waals surface area contributed by atoms with Crippen molar-refractivity contribution in [3.05, 3.63) is 58.6 Å². The van der Waals surface area contributed by atoms with Gasteiger partial charge in [0.15, 0.2) is 0 Å². The SMILES string of the molecule is CN(CCOc1ccc(Br)cc1)S(=O)(=O)c1ccccc1C#N. The zero-order valence-corrected chi connectivity index (χ0v) is 14.8. The zero-order chi connectivity index (χ0) is 16.9. The highest BCUT2D eigenvalue weighted by Crippen LogP contribution is 2.19. The van der Waals surface area contributed by atoms with Crippen molar-refractivity contribution in [2.24, 2.45) is 0 Å². The molecular formula is C16H15BrN2O3S. The topological polar surface area (TPSA) is 70.4 Å². The third kappa shape index (κ3) is 4.32. The first kappa shape index (κ1) is 17.5. The highest BCUT2D eigenvalue weighted by atomic mass is 79.9. The molecule has 2 aromatic rings. The third-order valence-electron chi connectivity index (χ3n) is 3.18. The first-order valence-electron chi connectivity index (χ1n) is 6.79. The van der Waals surface area contributed by atoms with Crippen LogP contribution in [0.5, 0.6) is 5.75 Å². The van der Waals surface area contributed by atoms with E-state index in [9.17, 15) is 8.42 Å². The largest absolute Gasteiger partial charge is 0.492 e. The maximum atomic E-state index is 12.5. The average molecular weight is 395 g/mol. The maximum Gasteiger partial charge on any atom is 0.244 e. The molecule has 0 saturated carbocycles. The average Bonchev–Trinajstić information content (AvgIpc) is 2.56. The van der Waals surface area contributed by atoms with Gasteiger partial charge in [0.25, 0.3) is 0 Å². The van der Waals surface area contributed by atoms with Gasteiger partial charge in [-0.05, 0) is 36.4 Å². The van der Waals surface area contributed by atoms with Gasteiger partial charge in [0.05, 0.1) is 10.5 Å². The molecule has 0 aliphatic heterocycles. The smallest absolute Gasteiger partial charge is 0.244 e. The highest BCUT2D eigenvalue weighted by Gasteiger charge is 2.23. The molecule has 5 nitrogen and oxygen atoms in total. The van der Waals surface area contributed by atoms with Crippen LogP contribution in [0.3, 0.4) is 0 Å². The highest BCUT2D eigenvalue weighted by molar-refractivity contribution is 9.10. The summed E-state index contributed by atoms with van der Waals surface area (Å²) < 4.78 is 32.7. The van der Waals surface area contributed by atoms with Gasteiger partial charge in [-0.25, -0.2) is 8.42 Å². The molecule has 0 spiro atoms. The van der Waals surface area contributed by atoms with Gasteiger partial charge < -0.3 is 4.74 Å². The van der Waals surface area contributed by atoms with Crippen LogP contribution in [0.15, 0.2) is 57.9 Å². The molecule has 120 valence electrons. The first-order valence-corrected chi connectivity index (χ1v) is 9.02. The summed E-state index contributed by atoms with van der Waals surface area (Å²) in [5, 5.41) is 9.05. The van der Waals surface area contributed by atoms with Gasteiger partial charge in [-0.1, -0.05) is 28.1 Å². The van der Waals surface area contributed by atoms with E-state index in [1.165, 1.54) is 23.5 Å². The lowest BCUT2D eigenvalue weighted by atomic mass is 10.2. The van der Waals surface area contributed by atoms with Crippen molar-refractivity contribution in [1.82, 2.24) is 4.31 Å². The summed E-state index contributed by atoms with van der Waals surface area (Å²) >= 11 is 3.33. The minimum Gasteiger partial charge on any atom is -0.492 e. The van der Waals surface area contributed by atoms with Crippen LogP contribution in [0.25, 0.3) is 0 Å². The summed E-state index contributed by atoms with van der Waals surface area (Å²) in [6.07, 6.45) is 0. The van der Waals surface area contributed by atoms with Gasteiger partial charge in [-0.15, -0.1) is 0 Å². The lowest BCUT2D eigenvalue weighted by Crippen LogP contribution is -2.31. The van der Waals surface area contributed by atoms with Crippen molar-refractivity contribution in [3.8, 4) is 11.8 Å². The van der Waals surface area contributed by atoms with Crippen LogP contribution < -0.4 is 4.74 Å². The predicted octanol–water partition coefficient (Wildman–Crippen LogP) is 3.02. The molecule has 0 bridgehead atoms. The molecule has 2 rings (SSSR count). The van der Waals surface area contributed by atoms with Crippen LogP contribution in [0.4, 0.5) is 0 Å². The van der Waals surface area contributed by atoms with Crippen LogP contribution >= 0.6 is 15.9 Å². The Labute approximate surface area is 144 Å². The molecule has 0 saturated heterocycles. The molecule has 0 N–H and O–H groups in total. The molecule has 0 radical (unpaired) electrons. The quantitative estimate of drug-likeness (QED) is 0.754. The molecule has 2 aromatic carbocycles. The fourth-order valence-electron chi connectivity index (χ4n) is 1.89. The lowest BCUT2D eigenvalue weighted by Gasteiger charge is -2.18. The van der Waals surface area contributed by atoms with E-state index >= 15 is 0 Å². The first-order chi connectivity index (χ1) is 10.9. The van der Waals surface area contributed by atoms with Gasteiger partial charge in [-0.2, -0.15) is 9.57 Å². The number of hydrogen-bond acceptors (Lipinski definition) is 4. The van der Waals surface area contributed by atoms with Crippen LogP contribution in [-0.4, -0.2) is 32.9 Å².